The van der Waals surface area contributed by atoms with E-state index in [-0.39, 0.29) is 18.3 Å². The second kappa shape index (κ2) is 7.79. The van der Waals surface area contributed by atoms with Gasteiger partial charge < -0.3 is 0 Å². The van der Waals surface area contributed by atoms with Gasteiger partial charge >= 0.3 is 0 Å². The first kappa shape index (κ1) is 17.6. The summed E-state index contributed by atoms with van der Waals surface area (Å²) in [5.74, 6) is 0.106. The lowest BCUT2D eigenvalue weighted by atomic mass is 10.2. The number of halogens is 2. The fourth-order valence-electron chi connectivity index (χ4n) is 2.24. The van der Waals surface area contributed by atoms with Crippen LogP contribution in [0.2, 0.25) is 5.02 Å². The van der Waals surface area contributed by atoms with Crippen molar-refractivity contribution in [2.45, 2.75) is 26.4 Å². The molecule has 0 saturated heterocycles. The van der Waals surface area contributed by atoms with Gasteiger partial charge in [-0.25, -0.2) is 9.67 Å². The standard InChI is InChI=1S/C16H16BrClN6O/c1-11-13(17)9-23(21-11)7-6-15(25)20-16-19-10-24(22-16)8-12-4-2-3-5-14(12)18/h2-5,9-10H,6-8H2,1H3,(H,20,22,25). The maximum absolute atomic E-state index is 12.0. The number of carbonyl (C=O) groups is 1. The predicted molar refractivity (Wildman–Crippen MR) is 98.5 cm³/mol. The lowest BCUT2D eigenvalue weighted by Crippen LogP contribution is -2.16. The van der Waals surface area contributed by atoms with Crippen LogP contribution in [0.4, 0.5) is 5.95 Å². The quantitative estimate of drug-likeness (QED) is 0.660. The van der Waals surface area contributed by atoms with Gasteiger partial charge in [0.1, 0.15) is 6.33 Å². The van der Waals surface area contributed by atoms with Gasteiger partial charge in [0, 0.05) is 24.2 Å². The van der Waals surface area contributed by atoms with Crippen LogP contribution in [0, 0.1) is 6.92 Å². The number of aromatic nitrogens is 5. The number of hydrogen-bond acceptors (Lipinski definition) is 4. The molecule has 0 aliphatic heterocycles. The maximum Gasteiger partial charge on any atom is 0.248 e. The van der Waals surface area contributed by atoms with E-state index in [1.54, 1.807) is 15.7 Å². The molecule has 0 unspecified atom stereocenters. The summed E-state index contributed by atoms with van der Waals surface area (Å²) in [5.41, 5.74) is 1.83. The van der Waals surface area contributed by atoms with Crippen LogP contribution in [0.3, 0.4) is 0 Å². The third-order valence-corrected chi connectivity index (χ3v) is 4.68. The lowest BCUT2D eigenvalue weighted by Gasteiger charge is -2.03. The molecule has 130 valence electrons. The second-order valence-corrected chi connectivity index (χ2v) is 6.74. The fraction of sp³-hybridized carbons (Fsp3) is 0.250. The molecule has 2 aromatic heterocycles. The van der Waals surface area contributed by atoms with E-state index in [9.17, 15) is 4.79 Å². The lowest BCUT2D eigenvalue weighted by molar-refractivity contribution is -0.116. The molecule has 2 heterocycles. The number of amides is 1. The van der Waals surface area contributed by atoms with Crippen LogP contribution in [-0.2, 0) is 17.9 Å². The highest BCUT2D eigenvalue weighted by molar-refractivity contribution is 9.10. The molecular weight excluding hydrogens is 408 g/mol. The van der Waals surface area contributed by atoms with Crippen LogP contribution in [-0.4, -0.2) is 30.5 Å². The van der Waals surface area contributed by atoms with Crippen molar-refractivity contribution in [2.75, 3.05) is 5.32 Å². The topological polar surface area (TPSA) is 77.6 Å². The Kier molecular flexibility index (Phi) is 5.50. The van der Waals surface area contributed by atoms with Crippen LogP contribution < -0.4 is 5.32 Å². The van der Waals surface area contributed by atoms with Crippen molar-refractivity contribution < 1.29 is 4.79 Å². The molecule has 25 heavy (non-hydrogen) atoms. The molecule has 0 atom stereocenters. The van der Waals surface area contributed by atoms with Gasteiger partial charge in [-0.15, -0.1) is 5.10 Å². The summed E-state index contributed by atoms with van der Waals surface area (Å²) in [7, 11) is 0. The molecule has 0 aliphatic rings. The summed E-state index contributed by atoms with van der Waals surface area (Å²) in [6.45, 7) is 2.87. The van der Waals surface area contributed by atoms with Crippen molar-refractivity contribution in [3.8, 4) is 0 Å². The smallest absolute Gasteiger partial charge is 0.248 e. The Morgan fingerprint density at radius 2 is 2.08 bits per heavy atom. The molecular formula is C16H16BrClN6O. The molecule has 0 fully saturated rings. The minimum atomic E-state index is -0.167. The predicted octanol–water partition coefficient (Wildman–Crippen LogP) is 3.28. The third kappa shape index (κ3) is 4.67. The zero-order chi connectivity index (χ0) is 17.8. The number of aryl methyl sites for hydroxylation is 2. The number of nitrogens with zero attached hydrogens (tertiary/aromatic N) is 5. The van der Waals surface area contributed by atoms with Crippen LogP contribution in [0.25, 0.3) is 0 Å². The van der Waals surface area contributed by atoms with Crippen molar-refractivity contribution in [2.24, 2.45) is 0 Å². The van der Waals surface area contributed by atoms with Crippen LogP contribution >= 0.6 is 27.5 Å². The highest BCUT2D eigenvalue weighted by Crippen LogP contribution is 2.16. The highest BCUT2D eigenvalue weighted by Gasteiger charge is 2.09. The summed E-state index contributed by atoms with van der Waals surface area (Å²) in [6, 6.07) is 7.53. The highest BCUT2D eigenvalue weighted by atomic mass is 79.9. The number of hydrogen-bond donors (Lipinski definition) is 1. The molecule has 0 spiro atoms. The van der Waals surface area contributed by atoms with Crippen molar-refractivity contribution in [3.63, 3.8) is 0 Å². The van der Waals surface area contributed by atoms with Crippen LogP contribution in [0.15, 0.2) is 41.3 Å². The molecule has 3 aromatic rings. The fourth-order valence-corrected chi connectivity index (χ4v) is 2.75. The third-order valence-electron chi connectivity index (χ3n) is 3.53. The average Bonchev–Trinajstić information content (AvgIpc) is 3.14. The average molecular weight is 424 g/mol. The van der Waals surface area contributed by atoms with E-state index in [0.717, 1.165) is 15.7 Å². The first-order chi connectivity index (χ1) is 12.0. The van der Waals surface area contributed by atoms with E-state index in [0.29, 0.717) is 18.1 Å². The molecule has 1 aromatic carbocycles. The zero-order valence-electron chi connectivity index (χ0n) is 13.5. The molecule has 7 nitrogen and oxygen atoms in total. The number of nitrogens with one attached hydrogen (secondary N) is 1. The monoisotopic (exact) mass is 422 g/mol. The Hall–Kier alpha value is -2.19. The number of anilines is 1. The Balaban J connectivity index is 1.54. The number of rotatable bonds is 6. The Morgan fingerprint density at radius 3 is 2.80 bits per heavy atom. The number of benzene rings is 1. The molecule has 0 bridgehead atoms. The van der Waals surface area contributed by atoms with E-state index in [1.165, 1.54) is 0 Å². The van der Waals surface area contributed by atoms with Crippen molar-refractivity contribution in [3.05, 3.63) is 57.5 Å². The Bertz CT molecular complexity index is 871. The van der Waals surface area contributed by atoms with E-state index in [4.69, 9.17) is 11.6 Å². The van der Waals surface area contributed by atoms with E-state index < -0.39 is 0 Å². The van der Waals surface area contributed by atoms with E-state index >= 15 is 0 Å². The minimum absolute atomic E-state index is 0.167. The van der Waals surface area contributed by atoms with Crippen molar-refractivity contribution >= 4 is 39.4 Å². The van der Waals surface area contributed by atoms with Crippen molar-refractivity contribution in [1.29, 1.82) is 0 Å². The molecule has 1 amide bonds. The van der Waals surface area contributed by atoms with Gasteiger partial charge in [-0.05, 0) is 34.5 Å². The van der Waals surface area contributed by atoms with Gasteiger partial charge in [0.05, 0.1) is 16.7 Å². The Morgan fingerprint density at radius 1 is 1.28 bits per heavy atom. The van der Waals surface area contributed by atoms with E-state index in [2.05, 4.69) is 36.4 Å². The SMILES string of the molecule is Cc1nn(CCC(=O)Nc2ncn(Cc3ccccc3Cl)n2)cc1Br. The first-order valence-corrected chi connectivity index (χ1v) is 8.80. The van der Waals surface area contributed by atoms with Gasteiger partial charge in [0.2, 0.25) is 11.9 Å². The summed E-state index contributed by atoms with van der Waals surface area (Å²) < 4.78 is 4.28. The molecule has 0 saturated carbocycles. The van der Waals surface area contributed by atoms with Crippen molar-refractivity contribution in [1.82, 2.24) is 24.5 Å². The second-order valence-electron chi connectivity index (χ2n) is 5.48. The maximum atomic E-state index is 12.0. The van der Waals surface area contributed by atoms with Crippen LogP contribution in [0.1, 0.15) is 17.7 Å². The molecule has 0 radical (unpaired) electrons. The Labute approximate surface area is 158 Å². The zero-order valence-corrected chi connectivity index (χ0v) is 15.8. The molecule has 0 aliphatic carbocycles. The summed E-state index contributed by atoms with van der Waals surface area (Å²) >= 11 is 9.53. The van der Waals surface area contributed by atoms with E-state index in [1.807, 2.05) is 37.4 Å². The minimum Gasteiger partial charge on any atom is -0.293 e. The van der Waals surface area contributed by atoms with Gasteiger partial charge in [-0.1, -0.05) is 29.8 Å². The van der Waals surface area contributed by atoms with Crippen LogP contribution in [0.5, 0.6) is 0 Å². The normalized spacial score (nSPS) is 10.8. The molecule has 9 heteroatoms. The summed E-state index contributed by atoms with van der Waals surface area (Å²) in [5, 5.41) is 11.9. The summed E-state index contributed by atoms with van der Waals surface area (Å²) in [4.78, 5) is 16.1. The first-order valence-electron chi connectivity index (χ1n) is 7.63. The van der Waals surface area contributed by atoms with Gasteiger partial charge in [0.25, 0.3) is 0 Å². The molecule has 3 rings (SSSR count). The van der Waals surface area contributed by atoms with Gasteiger partial charge in [-0.3, -0.25) is 14.8 Å². The van der Waals surface area contributed by atoms with Gasteiger partial charge in [-0.2, -0.15) is 5.10 Å². The van der Waals surface area contributed by atoms with Gasteiger partial charge in [0.15, 0.2) is 0 Å². The summed E-state index contributed by atoms with van der Waals surface area (Å²) in [6.07, 6.45) is 3.69. The number of carbonyl (C=O) groups excluding carboxylic acids is 1. The largest absolute Gasteiger partial charge is 0.293 e. The molecule has 1 N–H and O–H groups in total.